The van der Waals surface area contributed by atoms with E-state index < -0.39 is 0 Å². The van der Waals surface area contributed by atoms with E-state index in [-0.39, 0.29) is 5.75 Å². The average Bonchev–Trinajstić information content (AvgIpc) is 2.64. The first-order valence-electron chi connectivity index (χ1n) is 7.44. The number of pyridine rings is 1. The highest BCUT2D eigenvalue weighted by atomic mass is 16.5. The number of benzene rings is 2. The van der Waals surface area contributed by atoms with Crippen LogP contribution in [0.5, 0.6) is 11.6 Å². The SMILES string of the molecule is COc1ccc(-c2ccc(O)c(C=NNc3ccccc3)c2)cn1. The molecule has 0 radical (unpaired) electrons. The number of nitrogens with zero attached hydrogens (tertiary/aromatic N) is 2. The Kier molecular flexibility index (Phi) is 4.72. The predicted molar refractivity (Wildman–Crippen MR) is 95.5 cm³/mol. The van der Waals surface area contributed by atoms with Gasteiger partial charge >= 0.3 is 0 Å². The van der Waals surface area contributed by atoms with Gasteiger partial charge in [-0.1, -0.05) is 24.3 Å². The Balaban J connectivity index is 1.80. The quantitative estimate of drug-likeness (QED) is 0.553. The summed E-state index contributed by atoms with van der Waals surface area (Å²) in [5, 5.41) is 14.2. The fourth-order valence-electron chi connectivity index (χ4n) is 2.20. The first-order valence-corrected chi connectivity index (χ1v) is 7.44. The van der Waals surface area contributed by atoms with Gasteiger partial charge in [0.05, 0.1) is 19.0 Å². The number of hydrazone groups is 1. The zero-order valence-electron chi connectivity index (χ0n) is 13.2. The van der Waals surface area contributed by atoms with Crippen LogP contribution < -0.4 is 10.2 Å². The molecule has 2 N–H and O–H groups in total. The van der Waals surface area contributed by atoms with Gasteiger partial charge in [0.2, 0.25) is 5.88 Å². The van der Waals surface area contributed by atoms with Crippen molar-refractivity contribution in [1.82, 2.24) is 4.98 Å². The lowest BCUT2D eigenvalue weighted by Gasteiger charge is -2.06. The molecule has 0 atom stereocenters. The molecule has 120 valence electrons. The van der Waals surface area contributed by atoms with Gasteiger partial charge in [0.1, 0.15) is 5.75 Å². The third-order valence-corrected chi connectivity index (χ3v) is 3.48. The van der Waals surface area contributed by atoms with E-state index in [4.69, 9.17) is 4.74 Å². The van der Waals surface area contributed by atoms with Crippen molar-refractivity contribution in [3.63, 3.8) is 0 Å². The number of hydrogen-bond donors (Lipinski definition) is 2. The first kappa shape index (κ1) is 15.6. The van der Waals surface area contributed by atoms with Crippen LogP contribution in [0.3, 0.4) is 0 Å². The zero-order chi connectivity index (χ0) is 16.8. The monoisotopic (exact) mass is 319 g/mol. The number of para-hydroxylation sites is 1. The molecule has 0 fully saturated rings. The second-order valence-corrected chi connectivity index (χ2v) is 5.10. The second kappa shape index (κ2) is 7.28. The number of anilines is 1. The summed E-state index contributed by atoms with van der Waals surface area (Å²) in [5.41, 5.74) is 6.29. The van der Waals surface area contributed by atoms with E-state index in [9.17, 15) is 5.11 Å². The molecule has 0 bridgehead atoms. The standard InChI is InChI=1S/C19H17N3O2/c1-24-19-10-8-15(12-20-19)14-7-9-18(23)16(11-14)13-21-22-17-5-3-2-4-6-17/h2-13,22-23H,1H3. The van der Waals surface area contributed by atoms with Gasteiger partial charge in [-0.2, -0.15) is 5.10 Å². The van der Waals surface area contributed by atoms with Crippen LogP contribution in [0.4, 0.5) is 5.69 Å². The third kappa shape index (κ3) is 3.70. The van der Waals surface area contributed by atoms with Crippen LogP contribution in [-0.4, -0.2) is 23.4 Å². The van der Waals surface area contributed by atoms with E-state index in [1.807, 2.05) is 48.5 Å². The van der Waals surface area contributed by atoms with E-state index in [0.29, 0.717) is 11.4 Å². The molecule has 0 spiro atoms. The molecular formula is C19H17N3O2. The minimum absolute atomic E-state index is 0.166. The van der Waals surface area contributed by atoms with Gasteiger partial charge in [0.25, 0.3) is 0 Å². The lowest BCUT2D eigenvalue weighted by atomic mass is 10.0. The lowest BCUT2D eigenvalue weighted by Crippen LogP contribution is -1.92. The van der Waals surface area contributed by atoms with E-state index in [1.54, 1.807) is 31.7 Å². The molecule has 5 nitrogen and oxygen atoms in total. The highest BCUT2D eigenvalue weighted by Crippen LogP contribution is 2.25. The smallest absolute Gasteiger partial charge is 0.212 e. The maximum atomic E-state index is 10.0. The molecule has 0 saturated carbocycles. The van der Waals surface area contributed by atoms with E-state index in [1.165, 1.54) is 0 Å². The average molecular weight is 319 g/mol. The molecule has 0 aliphatic rings. The molecule has 0 aliphatic carbocycles. The van der Waals surface area contributed by atoms with Crippen LogP contribution in [0, 0.1) is 0 Å². The van der Waals surface area contributed by atoms with Crippen molar-refractivity contribution in [3.8, 4) is 22.8 Å². The molecule has 3 aromatic rings. The van der Waals surface area contributed by atoms with Crippen molar-refractivity contribution in [1.29, 1.82) is 0 Å². The summed E-state index contributed by atoms with van der Waals surface area (Å²) in [7, 11) is 1.58. The van der Waals surface area contributed by atoms with E-state index >= 15 is 0 Å². The highest BCUT2D eigenvalue weighted by molar-refractivity contribution is 5.86. The summed E-state index contributed by atoms with van der Waals surface area (Å²) in [4.78, 5) is 4.20. The third-order valence-electron chi connectivity index (χ3n) is 3.48. The van der Waals surface area contributed by atoms with Crippen molar-refractivity contribution in [3.05, 3.63) is 72.4 Å². The number of hydrogen-bond acceptors (Lipinski definition) is 5. The van der Waals surface area contributed by atoms with Gasteiger partial charge in [0, 0.05) is 23.4 Å². The minimum atomic E-state index is 0.166. The highest BCUT2D eigenvalue weighted by Gasteiger charge is 2.04. The number of rotatable bonds is 5. The van der Waals surface area contributed by atoms with Gasteiger partial charge in [-0.25, -0.2) is 4.98 Å². The van der Waals surface area contributed by atoms with Crippen molar-refractivity contribution >= 4 is 11.9 Å². The van der Waals surface area contributed by atoms with Gasteiger partial charge in [-0.3, -0.25) is 5.43 Å². The van der Waals surface area contributed by atoms with Crippen molar-refractivity contribution in [2.45, 2.75) is 0 Å². The Bertz CT molecular complexity index is 831. The summed E-state index contributed by atoms with van der Waals surface area (Å²) in [6.45, 7) is 0. The van der Waals surface area contributed by atoms with Crippen LogP contribution in [0.25, 0.3) is 11.1 Å². The number of ether oxygens (including phenoxy) is 1. The number of aromatic nitrogens is 1. The van der Waals surface area contributed by atoms with Gasteiger partial charge in [0.15, 0.2) is 0 Å². The molecule has 1 aromatic heterocycles. The summed E-state index contributed by atoms with van der Waals surface area (Å²) in [6.07, 6.45) is 3.32. The number of nitrogens with one attached hydrogen (secondary N) is 1. The molecule has 3 rings (SSSR count). The Morgan fingerprint density at radius 2 is 1.83 bits per heavy atom. The van der Waals surface area contributed by atoms with E-state index in [2.05, 4.69) is 15.5 Å². The number of phenolic OH excluding ortho intramolecular Hbond substituents is 1. The van der Waals surface area contributed by atoms with Crippen molar-refractivity contribution in [2.75, 3.05) is 12.5 Å². The summed E-state index contributed by atoms with van der Waals surface area (Å²) in [5.74, 6) is 0.727. The second-order valence-electron chi connectivity index (χ2n) is 5.10. The van der Waals surface area contributed by atoms with Crippen LogP contribution in [0.15, 0.2) is 72.0 Å². The Morgan fingerprint density at radius 1 is 1.04 bits per heavy atom. The Morgan fingerprint density at radius 3 is 2.54 bits per heavy atom. The normalized spacial score (nSPS) is 10.7. The van der Waals surface area contributed by atoms with Crippen molar-refractivity contribution in [2.24, 2.45) is 5.10 Å². The molecule has 2 aromatic carbocycles. The number of phenols is 1. The molecule has 0 unspecified atom stereocenters. The number of aromatic hydroxyl groups is 1. The summed E-state index contributed by atoms with van der Waals surface area (Å²) in [6, 6.07) is 18.7. The summed E-state index contributed by atoms with van der Waals surface area (Å²) >= 11 is 0. The zero-order valence-corrected chi connectivity index (χ0v) is 13.2. The number of methoxy groups -OCH3 is 1. The maximum Gasteiger partial charge on any atom is 0.212 e. The molecule has 5 heteroatoms. The topological polar surface area (TPSA) is 66.7 Å². The fourth-order valence-corrected chi connectivity index (χ4v) is 2.20. The molecule has 0 aliphatic heterocycles. The maximum absolute atomic E-state index is 10.0. The van der Waals surface area contributed by atoms with E-state index in [0.717, 1.165) is 16.8 Å². The lowest BCUT2D eigenvalue weighted by molar-refractivity contribution is 0.398. The molecule has 24 heavy (non-hydrogen) atoms. The largest absolute Gasteiger partial charge is 0.507 e. The van der Waals surface area contributed by atoms with Crippen LogP contribution >= 0.6 is 0 Å². The van der Waals surface area contributed by atoms with Crippen LogP contribution in [0.2, 0.25) is 0 Å². The first-order chi connectivity index (χ1) is 11.8. The van der Waals surface area contributed by atoms with Gasteiger partial charge in [-0.15, -0.1) is 0 Å². The Labute approximate surface area is 140 Å². The fraction of sp³-hybridized carbons (Fsp3) is 0.0526. The van der Waals surface area contributed by atoms with Gasteiger partial charge < -0.3 is 9.84 Å². The van der Waals surface area contributed by atoms with Gasteiger partial charge in [-0.05, 0) is 35.9 Å². The molecular weight excluding hydrogens is 302 g/mol. The molecule has 1 heterocycles. The molecule has 0 amide bonds. The van der Waals surface area contributed by atoms with Crippen LogP contribution in [0.1, 0.15) is 5.56 Å². The predicted octanol–water partition coefficient (Wildman–Crippen LogP) is 3.91. The molecule has 0 saturated heterocycles. The van der Waals surface area contributed by atoms with Crippen LogP contribution in [-0.2, 0) is 0 Å². The Hall–Kier alpha value is -3.34. The summed E-state index contributed by atoms with van der Waals surface area (Å²) < 4.78 is 5.06. The minimum Gasteiger partial charge on any atom is -0.507 e. The van der Waals surface area contributed by atoms with Crippen molar-refractivity contribution < 1.29 is 9.84 Å².